The van der Waals surface area contributed by atoms with Gasteiger partial charge in [-0.25, -0.2) is 13.6 Å². The Morgan fingerprint density at radius 1 is 1.43 bits per heavy atom. The summed E-state index contributed by atoms with van der Waals surface area (Å²) in [5.41, 5.74) is 0.450. The van der Waals surface area contributed by atoms with Crippen molar-refractivity contribution in [2.45, 2.75) is 31.6 Å². The van der Waals surface area contributed by atoms with Gasteiger partial charge in [0.15, 0.2) is 0 Å². The van der Waals surface area contributed by atoms with Gasteiger partial charge in [-0.1, -0.05) is 25.4 Å². The molecule has 0 saturated heterocycles. The monoisotopic (exact) mass is 330 g/mol. The van der Waals surface area contributed by atoms with Crippen molar-refractivity contribution in [2.24, 2.45) is 16.5 Å². The molecule has 116 valence electrons. The van der Waals surface area contributed by atoms with Crippen LogP contribution in [0.4, 0.5) is 0 Å². The van der Waals surface area contributed by atoms with Crippen LogP contribution in [0.15, 0.2) is 23.1 Å². The molecule has 1 aliphatic rings. The summed E-state index contributed by atoms with van der Waals surface area (Å²) in [6.45, 7) is 4.90. The van der Waals surface area contributed by atoms with Gasteiger partial charge in [0, 0.05) is 6.54 Å². The van der Waals surface area contributed by atoms with Crippen LogP contribution in [0.3, 0.4) is 0 Å². The predicted octanol–water partition coefficient (Wildman–Crippen LogP) is 2.15. The summed E-state index contributed by atoms with van der Waals surface area (Å²) in [6, 6.07) is 3.86. The summed E-state index contributed by atoms with van der Waals surface area (Å²) in [6.07, 6.45) is 2.23. The molecule has 0 unspecified atom stereocenters. The average Bonchev–Trinajstić information content (AvgIpc) is 3.16. The summed E-state index contributed by atoms with van der Waals surface area (Å²) < 4.78 is 22.5. The molecule has 0 spiro atoms. The lowest BCUT2D eigenvalue weighted by Crippen LogP contribution is -2.32. The Balaban J connectivity index is 2.10. The van der Waals surface area contributed by atoms with Gasteiger partial charge in [-0.3, -0.25) is 4.79 Å². The minimum atomic E-state index is -3.82. The molecule has 1 aromatic rings. The third kappa shape index (κ3) is 3.56. The highest BCUT2D eigenvalue weighted by molar-refractivity contribution is 7.89. The van der Waals surface area contributed by atoms with E-state index in [2.05, 4.69) is 19.2 Å². The Labute approximate surface area is 129 Å². The lowest BCUT2D eigenvalue weighted by atomic mass is 9.92. The lowest BCUT2D eigenvalue weighted by Gasteiger charge is -2.20. The number of carbonyl (C=O) groups is 1. The van der Waals surface area contributed by atoms with E-state index in [-0.39, 0.29) is 26.8 Å². The molecular weight excluding hydrogens is 312 g/mol. The van der Waals surface area contributed by atoms with Crippen LogP contribution in [-0.2, 0) is 10.0 Å². The normalized spacial score (nSPS) is 16.8. The molecule has 1 aromatic carbocycles. The topological polar surface area (TPSA) is 89.3 Å². The van der Waals surface area contributed by atoms with Gasteiger partial charge in [0.2, 0.25) is 10.0 Å². The number of sulfonamides is 1. The summed E-state index contributed by atoms with van der Waals surface area (Å²) in [5, 5.41) is 7.98. The van der Waals surface area contributed by atoms with Crippen LogP contribution in [0, 0.1) is 11.3 Å². The van der Waals surface area contributed by atoms with Gasteiger partial charge in [-0.2, -0.15) is 0 Å². The van der Waals surface area contributed by atoms with Crippen molar-refractivity contribution in [3.63, 3.8) is 0 Å². The first-order valence-electron chi connectivity index (χ1n) is 6.76. The second-order valence-electron chi connectivity index (χ2n) is 5.89. The van der Waals surface area contributed by atoms with Gasteiger partial charge in [0.25, 0.3) is 5.91 Å². The van der Waals surface area contributed by atoms with E-state index in [4.69, 9.17) is 16.7 Å². The summed E-state index contributed by atoms with van der Waals surface area (Å²) in [4.78, 5) is 12.0. The highest BCUT2D eigenvalue weighted by Gasteiger charge is 2.45. The molecule has 0 heterocycles. The third-order valence-corrected chi connectivity index (χ3v) is 5.46. The number of carbonyl (C=O) groups excluding carboxylic acids is 1. The molecule has 1 amide bonds. The Morgan fingerprint density at radius 3 is 2.48 bits per heavy atom. The van der Waals surface area contributed by atoms with E-state index in [1.807, 2.05) is 0 Å². The number of nitrogens with one attached hydrogen (secondary N) is 1. The fourth-order valence-electron chi connectivity index (χ4n) is 2.33. The zero-order valence-corrected chi connectivity index (χ0v) is 13.6. The van der Waals surface area contributed by atoms with E-state index in [9.17, 15) is 13.2 Å². The molecule has 21 heavy (non-hydrogen) atoms. The minimum absolute atomic E-state index is 0.0772. The molecule has 1 aliphatic carbocycles. The summed E-state index contributed by atoms with van der Waals surface area (Å²) in [7, 11) is -3.82. The molecule has 0 aliphatic heterocycles. The fraction of sp³-hybridized carbons (Fsp3) is 0.500. The molecule has 1 saturated carbocycles. The number of hydrogen-bond donors (Lipinski definition) is 2. The summed E-state index contributed by atoms with van der Waals surface area (Å²) in [5.74, 6) is 0.214. The quantitative estimate of drug-likeness (QED) is 0.866. The number of primary sulfonamides is 1. The van der Waals surface area contributed by atoms with E-state index in [0.29, 0.717) is 12.5 Å². The maximum atomic E-state index is 12.1. The van der Waals surface area contributed by atoms with Crippen molar-refractivity contribution in [1.29, 1.82) is 0 Å². The van der Waals surface area contributed by atoms with E-state index in [0.717, 1.165) is 12.8 Å². The van der Waals surface area contributed by atoms with Crippen molar-refractivity contribution >= 4 is 27.5 Å². The van der Waals surface area contributed by atoms with Gasteiger partial charge >= 0.3 is 0 Å². The zero-order valence-electron chi connectivity index (χ0n) is 12.0. The van der Waals surface area contributed by atoms with E-state index >= 15 is 0 Å². The molecule has 3 N–H and O–H groups in total. The van der Waals surface area contributed by atoms with Crippen molar-refractivity contribution in [3.05, 3.63) is 28.8 Å². The second kappa shape index (κ2) is 5.59. The van der Waals surface area contributed by atoms with E-state index in [1.165, 1.54) is 18.2 Å². The first-order valence-corrected chi connectivity index (χ1v) is 8.69. The van der Waals surface area contributed by atoms with Crippen LogP contribution in [0.1, 0.15) is 37.0 Å². The molecule has 0 atom stereocenters. The molecule has 0 aromatic heterocycles. The number of benzene rings is 1. The Kier molecular flexibility index (Phi) is 4.33. The van der Waals surface area contributed by atoms with Crippen LogP contribution >= 0.6 is 11.6 Å². The van der Waals surface area contributed by atoms with Crippen LogP contribution in [0.2, 0.25) is 5.02 Å². The van der Waals surface area contributed by atoms with Crippen LogP contribution in [0.5, 0.6) is 0 Å². The van der Waals surface area contributed by atoms with Crippen molar-refractivity contribution in [3.8, 4) is 0 Å². The molecule has 7 heteroatoms. The SMILES string of the molecule is CC(C)C1(CNC(=O)c2ccc(S(N)(=O)=O)cc2Cl)CC1. The van der Waals surface area contributed by atoms with Crippen molar-refractivity contribution in [1.82, 2.24) is 5.32 Å². The minimum Gasteiger partial charge on any atom is -0.351 e. The molecule has 0 radical (unpaired) electrons. The number of hydrogen-bond acceptors (Lipinski definition) is 3. The van der Waals surface area contributed by atoms with E-state index < -0.39 is 10.0 Å². The zero-order chi connectivity index (χ0) is 15.8. The molecular formula is C14H19ClN2O3S. The van der Waals surface area contributed by atoms with Crippen LogP contribution in [0.25, 0.3) is 0 Å². The van der Waals surface area contributed by atoms with Gasteiger partial charge in [-0.05, 0) is 42.4 Å². The number of halogens is 1. The fourth-order valence-corrected chi connectivity index (χ4v) is 3.20. The molecule has 2 rings (SSSR count). The Hall–Kier alpha value is -1.11. The van der Waals surface area contributed by atoms with Crippen LogP contribution in [-0.4, -0.2) is 20.9 Å². The van der Waals surface area contributed by atoms with Gasteiger partial charge in [0.05, 0.1) is 15.5 Å². The highest BCUT2D eigenvalue weighted by atomic mass is 35.5. The first-order chi connectivity index (χ1) is 9.66. The number of amides is 1. The van der Waals surface area contributed by atoms with Gasteiger partial charge in [0.1, 0.15) is 0 Å². The van der Waals surface area contributed by atoms with Gasteiger partial charge < -0.3 is 5.32 Å². The first kappa shape index (κ1) is 16.3. The second-order valence-corrected chi connectivity index (χ2v) is 7.86. The molecule has 0 bridgehead atoms. The standard InChI is InChI=1S/C14H19ClN2O3S/c1-9(2)14(5-6-14)8-17-13(18)11-4-3-10(7-12(11)15)21(16,19)20/h3-4,7,9H,5-6,8H2,1-2H3,(H,17,18)(H2,16,19,20). The average molecular weight is 331 g/mol. The Morgan fingerprint density at radius 2 is 2.05 bits per heavy atom. The Bertz CT molecular complexity index is 667. The number of nitrogens with two attached hydrogens (primary N) is 1. The summed E-state index contributed by atoms with van der Waals surface area (Å²) >= 11 is 5.98. The largest absolute Gasteiger partial charge is 0.351 e. The van der Waals surface area contributed by atoms with E-state index in [1.54, 1.807) is 0 Å². The number of rotatable bonds is 5. The predicted molar refractivity (Wildman–Crippen MR) is 81.7 cm³/mol. The lowest BCUT2D eigenvalue weighted by molar-refractivity contribution is 0.0940. The molecule has 1 fully saturated rings. The maximum Gasteiger partial charge on any atom is 0.252 e. The van der Waals surface area contributed by atoms with Crippen molar-refractivity contribution < 1.29 is 13.2 Å². The van der Waals surface area contributed by atoms with Crippen LogP contribution < -0.4 is 10.5 Å². The smallest absolute Gasteiger partial charge is 0.252 e. The van der Waals surface area contributed by atoms with Gasteiger partial charge in [-0.15, -0.1) is 0 Å². The third-order valence-electron chi connectivity index (χ3n) is 4.23. The molecule has 5 nitrogen and oxygen atoms in total. The maximum absolute atomic E-state index is 12.1. The van der Waals surface area contributed by atoms with Crippen molar-refractivity contribution in [2.75, 3.05) is 6.54 Å². The highest BCUT2D eigenvalue weighted by Crippen LogP contribution is 2.51.